The van der Waals surface area contributed by atoms with Crippen LogP contribution in [0.1, 0.15) is 31.0 Å². The third-order valence-corrected chi connectivity index (χ3v) is 5.32. The summed E-state index contributed by atoms with van der Waals surface area (Å²) in [4.78, 5) is 16.4. The van der Waals surface area contributed by atoms with E-state index in [1.54, 1.807) is 19.2 Å². The van der Waals surface area contributed by atoms with E-state index in [1.807, 2.05) is 57.4 Å². The van der Waals surface area contributed by atoms with Gasteiger partial charge in [0.05, 0.1) is 13.2 Å². The summed E-state index contributed by atoms with van der Waals surface area (Å²) in [5, 5.41) is 16.3. The monoisotopic (exact) mass is 442 g/mol. The number of nitrogens with one attached hydrogen (secondary N) is 1. The molecule has 3 aromatic rings. The Bertz CT molecular complexity index is 1010. The van der Waals surface area contributed by atoms with E-state index in [9.17, 15) is 4.79 Å². The molecule has 2 aromatic carbocycles. The van der Waals surface area contributed by atoms with E-state index in [1.165, 1.54) is 4.80 Å². The maximum Gasteiger partial charge on any atom is 0.246 e. The summed E-state index contributed by atoms with van der Waals surface area (Å²) in [6.45, 7) is 2.36. The van der Waals surface area contributed by atoms with E-state index in [0.29, 0.717) is 23.8 Å². The zero-order valence-corrected chi connectivity index (χ0v) is 18.9. The smallest absolute Gasteiger partial charge is 0.246 e. The van der Waals surface area contributed by atoms with Crippen LogP contribution in [0.25, 0.3) is 11.4 Å². The van der Waals surface area contributed by atoms with Crippen molar-refractivity contribution in [3.8, 4) is 17.1 Å². The number of nitrogens with zero attached hydrogens (tertiary/aromatic N) is 5. The summed E-state index contributed by atoms with van der Waals surface area (Å²) in [6, 6.07) is 14.4. The first-order chi connectivity index (χ1) is 14.9. The molecule has 0 aliphatic rings. The van der Waals surface area contributed by atoms with E-state index in [-0.39, 0.29) is 11.9 Å². The molecule has 0 radical (unpaired) electrons. The van der Waals surface area contributed by atoms with Gasteiger partial charge < -0.3 is 15.0 Å². The van der Waals surface area contributed by atoms with Crippen molar-refractivity contribution in [2.45, 2.75) is 25.4 Å². The van der Waals surface area contributed by atoms with Gasteiger partial charge in [-0.3, -0.25) is 4.79 Å². The van der Waals surface area contributed by atoms with Crippen molar-refractivity contribution in [2.75, 3.05) is 27.7 Å². The fraction of sp³-hybridized carbons (Fsp3) is 0.364. The molecular weight excluding hydrogens is 416 g/mol. The molecule has 31 heavy (non-hydrogen) atoms. The van der Waals surface area contributed by atoms with Crippen LogP contribution in [0.3, 0.4) is 0 Å². The highest BCUT2D eigenvalue weighted by atomic mass is 35.5. The lowest BCUT2D eigenvalue weighted by Crippen LogP contribution is -2.39. The van der Waals surface area contributed by atoms with Crippen molar-refractivity contribution in [2.24, 2.45) is 0 Å². The Balaban J connectivity index is 1.71. The highest BCUT2D eigenvalue weighted by Crippen LogP contribution is 2.23. The zero-order valence-electron chi connectivity index (χ0n) is 18.1. The molecule has 8 nitrogen and oxygen atoms in total. The SMILES string of the molecule is CCC(C(=O)NCC(c1cccc(OC)c1)N(C)C)n1nnc(-c2ccc(Cl)cc2)n1. The molecule has 3 rings (SSSR count). The summed E-state index contributed by atoms with van der Waals surface area (Å²) >= 11 is 5.94. The van der Waals surface area contributed by atoms with Gasteiger partial charge in [0.1, 0.15) is 5.75 Å². The molecule has 164 valence electrons. The Morgan fingerprint density at radius 3 is 2.61 bits per heavy atom. The number of ether oxygens (including phenoxy) is 1. The van der Waals surface area contributed by atoms with Crippen molar-refractivity contribution < 1.29 is 9.53 Å². The van der Waals surface area contributed by atoms with Crippen LogP contribution in [0.5, 0.6) is 5.75 Å². The molecule has 0 aliphatic carbocycles. The second-order valence-corrected chi connectivity index (χ2v) is 7.80. The third-order valence-electron chi connectivity index (χ3n) is 5.07. The first-order valence-corrected chi connectivity index (χ1v) is 10.4. The van der Waals surface area contributed by atoms with Crippen molar-refractivity contribution in [3.63, 3.8) is 0 Å². The predicted molar refractivity (Wildman–Crippen MR) is 120 cm³/mol. The van der Waals surface area contributed by atoms with Crippen LogP contribution in [-0.4, -0.2) is 58.8 Å². The maximum atomic E-state index is 12.9. The Kier molecular flexibility index (Phi) is 7.59. The Labute approximate surface area is 187 Å². The molecule has 1 amide bonds. The second-order valence-electron chi connectivity index (χ2n) is 7.37. The van der Waals surface area contributed by atoms with Crippen molar-refractivity contribution in [3.05, 3.63) is 59.1 Å². The van der Waals surface area contributed by atoms with Gasteiger partial charge in [-0.15, -0.1) is 10.2 Å². The summed E-state index contributed by atoms with van der Waals surface area (Å²) in [6.07, 6.45) is 0.536. The van der Waals surface area contributed by atoms with Gasteiger partial charge >= 0.3 is 0 Å². The van der Waals surface area contributed by atoms with Crippen LogP contribution in [0.15, 0.2) is 48.5 Å². The first-order valence-electron chi connectivity index (χ1n) is 10.1. The zero-order chi connectivity index (χ0) is 22.4. The molecule has 0 bridgehead atoms. The number of halogens is 1. The molecule has 9 heteroatoms. The number of tetrazole rings is 1. The number of carbonyl (C=O) groups excluding carboxylic acids is 1. The number of likely N-dealkylation sites (N-methyl/N-ethyl adjacent to an activating group) is 1. The molecule has 2 unspecified atom stereocenters. The summed E-state index contributed by atoms with van der Waals surface area (Å²) < 4.78 is 5.33. The number of benzene rings is 2. The van der Waals surface area contributed by atoms with Gasteiger partial charge in [0.25, 0.3) is 0 Å². The number of rotatable bonds is 9. The summed E-state index contributed by atoms with van der Waals surface area (Å²) in [5.74, 6) is 1.08. The summed E-state index contributed by atoms with van der Waals surface area (Å²) in [5.41, 5.74) is 1.85. The van der Waals surface area contributed by atoms with E-state index in [0.717, 1.165) is 16.9 Å². The highest BCUT2D eigenvalue weighted by molar-refractivity contribution is 6.30. The van der Waals surface area contributed by atoms with Gasteiger partial charge in [-0.25, -0.2) is 0 Å². The van der Waals surface area contributed by atoms with E-state index in [4.69, 9.17) is 16.3 Å². The second kappa shape index (κ2) is 10.4. The molecule has 0 fully saturated rings. The Hall–Kier alpha value is -2.97. The summed E-state index contributed by atoms with van der Waals surface area (Å²) in [7, 11) is 5.59. The third kappa shape index (κ3) is 5.59. The standard InChI is InChI=1S/C22H27ClN6O2/c1-5-19(29-26-21(25-27-29)15-9-11-17(23)12-10-15)22(30)24-14-20(28(2)3)16-7-6-8-18(13-16)31-4/h6-13,19-20H,5,14H2,1-4H3,(H,24,30). The number of hydrogen-bond donors (Lipinski definition) is 1. The lowest BCUT2D eigenvalue weighted by Gasteiger charge is -2.26. The maximum absolute atomic E-state index is 12.9. The molecular formula is C22H27ClN6O2. The Morgan fingerprint density at radius 1 is 1.23 bits per heavy atom. The number of hydrogen-bond acceptors (Lipinski definition) is 6. The first kappa shape index (κ1) is 22.7. The van der Waals surface area contributed by atoms with Crippen molar-refractivity contribution in [1.29, 1.82) is 0 Å². The van der Waals surface area contributed by atoms with Gasteiger partial charge in [0.15, 0.2) is 6.04 Å². The van der Waals surface area contributed by atoms with Gasteiger partial charge in [-0.1, -0.05) is 30.7 Å². The quantitative estimate of drug-likeness (QED) is 0.546. The number of methoxy groups -OCH3 is 1. The molecule has 0 saturated heterocycles. The van der Waals surface area contributed by atoms with Crippen LogP contribution in [0, 0.1) is 0 Å². The van der Waals surface area contributed by atoms with E-state index in [2.05, 4.69) is 25.6 Å². The van der Waals surface area contributed by atoms with Crippen LogP contribution < -0.4 is 10.1 Å². The lowest BCUT2D eigenvalue weighted by atomic mass is 10.1. The lowest BCUT2D eigenvalue weighted by molar-refractivity contribution is -0.125. The van der Waals surface area contributed by atoms with Crippen LogP contribution in [0.2, 0.25) is 5.02 Å². The van der Waals surface area contributed by atoms with Gasteiger partial charge in [-0.2, -0.15) is 4.80 Å². The molecule has 2 atom stereocenters. The topological polar surface area (TPSA) is 85.2 Å². The normalized spacial score (nSPS) is 13.1. The minimum absolute atomic E-state index is 0.00936. The van der Waals surface area contributed by atoms with Gasteiger partial charge in [0, 0.05) is 17.1 Å². The van der Waals surface area contributed by atoms with Crippen molar-refractivity contribution in [1.82, 2.24) is 30.4 Å². The van der Waals surface area contributed by atoms with Gasteiger partial charge in [0.2, 0.25) is 11.7 Å². The van der Waals surface area contributed by atoms with E-state index >= 15 is 0 Å². The van der Waals surface area contributed by atoms with E-state index < -0.39 is 6.04 Å². The fourth-order valence-corrected chi connectivity index (χ4v) is 3.41. The number of amides is 1. The predicted octanol–water partition coefficient (Wildman–Crippen LogP) is 3.37. The average molecular weight is 443 g/mol. The highest BCUT2D eigenvalue weighted by Gasteiger charge is 2.24. The molecule has 0 saturated carbocycles. The minimum atomic E-state index is -0.554. The van der Waals surface area contributed by atoms with Crippen LogP contribution in [0.4, 0.5) is 0 Å². The molecule has 1 N–H and O–H groups in total. The average Bonchev–Trinajstić information content (AvgIpc) is 3.24. The van der Waals surface area contributed by atoms with Crippen LogP contribution >= 0.6 is 11.6 Å². The van der Waals surface area contributed by atoms with Crippen molar-refractivity contribution >= 4 is 17.5 Å². The molecule has 0 spiro atoms. The molecule has 1 heterocycles. The fourth-order valence-electron chi connectivity index (χ4n) is 3.29. The van der Waals surface area contributed by atoms with Gasteiger partial charge in [-0.05, 0) is 67.7 Å². The molecule has 0 aliphatic heterocycles. The minimum Gasteiger partial charge on any atom is -0.497 e. The Morgan fingerprint density at radius 2 is 1.97 bits per heavy atom. The molecule has 1 aromatic heterocycles. The van der Waals surface area contributed by atoms with Crippen LogP contribution in [-0.2, 0) is 4.79 Å². The largest absolute Gasteiger partial charge is 0.497 e. The number of aromatic nitrogens is 4. The number of carbonyl (C=O) groups is 1.